The minimum absolute atomic E-state index is 0.161. The van der Waals surface area contributed by atoms with Crippen molar-refractivity contribution in [3.63, 3.8) is 0 Å². The number of rotatable bonds is 7. The Morgan fingerprint density at radius 2 is 2.04 bits per heavy atom. The van der Waals surface area contributed by atoms with Gasteiger partial charge in [0.15, 0.2) is 0 Å². The third kappa shape index (κ3) is 7.07. The lowest BCUT2D eigenvalue weighted by molar-refractivity contribution is 0.0214. The normalized spacial score (nSPS) is 19.0. The molecule has 1 aliphatic heterocycles. The van der Waals surface area contributed by atoms with Crippen LogP contribution in [-0.2, 0) is 11.2 Å². The molecule has 0 saturated carbocycles. The molecule has 1 N–H and O–H groups in total. The molecule has 1 saturated heterocycles. The third-order valence-corrected chi connectivity index (χ3v) is 4.61. The molecule has 0 bridgehead atoms. The molecule has 1 aromatic carbocycles. The lowest BCUT2D eigenvalue weighted by atomic mass is 10.1. The first kappa shape index (κ1) is 19.8. The first-order valence-corrected chi connectivity index (χ1v) is 9.62. The minimum Gasteiger partial charge on any atom is -0.444 e. The molecule has 140 valence electrons. The van der Waals surface area contributed by atoms with Crippen molar-refractivity contribution >= 4 is 6.09 Å². The maximum Gasteiger partial charge on any atom is 0.410 e. The van der Waals surface area contributed by atoms with E-state index in [1.807, 2.05) is 25.7 Å². The van der Waals surface area contributed by atoms with Crippen LogP contribution in [-0.4, -0.2) is 41.8 Å². The molecule has 2 rings (SSSR count). The summed E-state index contributed by atoms with van der Waals surface area (Å²) < 4.78 is 5.55. The van der Waals surface area contributed by atoms with E-state index in [2.05, 4.69) is 42.6 Å². The fraction of sp³-hybridized carbons (Fsp3) is 0.667. The molecular formula is C21H34N2O2. The maximum absolute atomic E-state index is 12.4. The van der Waals surface area contributed by atoms with Crippen molar-refractivity contribution in [3.05, 3.63) is 35.9 Å². The molecule has 1 heterocycles. The van der Waals surface area contributed by atoms with Gasteiger partial charge in [-0.2, -0.15) is 0 Å². The molecular weight excluding hydrogens is 312 g/mol. The molecule has 1 fully saturated rings. The van der Waals surface area contributed by atoms with Gasteiger partial charge in [0.05, 0.1) is 0 Å². The summed E-state index contributed by atoms with van der Waals surface area (Å²) in [6.45, 7) is 9.82. The first-order valence-electron chi connectivity index (χ1n) is 9.62. The number of hydrogen-bond acceptors (Lipinski definition) is 3. The largest absolute Gasteiger partial charge is 0.444 e. The Hall–Kier alpha value is -1.55. The fourth-order valence-corrected chi connectivity index (χ4v) is 3.42. The van der Waals surface area contributed by atoms with Crippen LogP contribution in [0.4, 0.5) is 4.79 Å². The van der Waals surface area contributed by atoms with Crippen molar-refractivity contribution in [1.82, 2.24) is 10.2 Å². The van der Waals surface area contributed by atoms with E-state index < -0.39 is 5.60 Å². The molecule has 1 aromatic rings. The zero-order valence-electron chi connectivity index (χ0n) is 16.3. The van der Waals surface area contributed by atoms with E-state index in [1.54, 1.807) is 0 Å². The number of ether oxygens (including phenoxy) is 1. The van der Waals surface area contributed by atoms with Crippen LogP contribution in [0.3, 0.4) is 0 Å². The van der Waals surface area contributed by atoms with Gasteiger partial charge in [0.25, 0.3) is 0 Å². The van der Waals surface area contributed by atoms with E-state index in [-0.39, 0.29) is 6.09 Å². The Bertz CT molecular complexity index is 524. The zero-order chi connectivity index (χ0) is 18.3. The van der Waals surface area contributed by atoms with Crippen LogP contribution in [0.15, 0.2) is 30.3 Å². The van der Waals surface area contributed by atoms with Gasteiger partial charge in [-0.15, -0.1) is 0 Å². The van der Waals surface area contributed by atoms with Crippen LogP contribution in [0.1, 0.15) is 58.9 Å². The van der Waals surface area contributed by atoms with Gasteiger partial charge >= 0.3 is 6.09 Å². The van der Waals surface area contributed by atoms with Gasteiger partial charge in [-0.3, -0.25) is 0 Å². The van der Waals surface area contributed by atoms with Crippen molar-refractivity contribution in [2.75, 3.05) is 13.1 Å². The van der Waals surface area contributed by atoms with E-state index in [1.165, 1.54) is 5.56 Å². The number of carbonyl (C=O) groups excluding carboxylic acids is 1. The number of nitrogens with one attached hydrogen (secondary N) is 1. The minimum atomic E-state index is -0.425. The van der Waals surface area contributed by atoms with Crippen LogP contribution in [0.2, 0.25) is 0 Å². The number of benzene rings is 1. The van der Waals surface area contributed by atoms with Crippen molar-refractivity contribution in [3.8, 4) is 0 Å². The fourth-order valence-electron chi connectivity index (χ4n) is 3.42. The van der Waals surface area contributed by atoms with Crippen LogP contribution < -0.4 is 5.32 Å². The van der Waals surface area contributed by atoms with E-state index in [0.717, 1.165) is 45.2 Å². The molecule has 1 amide bonds. The number of amides is 1. The predicted molar refractivity (Wildman–Crippen MR) is 103 cm³/mol. The van der Waals surface area contributed by atoms with Crippen molar-refractivity contribution in [2.24, 2.45) is 0 Å². The molecule has 2 unspecified atom stereocenters. The van der Waals surface area contributed by atoms with Crippen molar-refractivity contribution < 1.29 is 9.53 Å². The Labute approximate surface area is 152 Å². The van der Waals surface area contributed by atoms with Crippen LogP contribution in [0, 0.1) is 0 Å². The summed E-state index contributed by atoms with van der Waals surface area (Å²) in [4.78, 5) is 14.3. The average Bonchev–Trinajstić information content (AvgIpc) is 2.99. The number of aryl methyl sites for hydroxylation is 1. The lowest BCUT2D eigenvalue weighted by Gasteiger charge is -2.30. The Morgan fingerprint density at radius 3 is 2.72 bits per heavy atom. The van der Waals surface area contributed by atoms with Crippen LogP contribution in [0.5, 0.6) is 0 Å². The van der Waals surface area contributed by atoms with Gasteiger partial charge < -0.3 is 15.0 Å². The summed E-state index contributed by atoms with van der Waals surface area (Å²) in [5.41, 5.74) is 0.967. The highest BCUT2D eigenvalue weighted by Gasteiger charge is 2.32. The van der Waals surface area contributed by atoms with Gasteiger partial charge in [-0.05, 0) is 71.9 Å². The summed E-state index contributed by atoms with van der Waals surface area (Å²) in [5.74, 6) is 0. The van der Waals surface area contributed by atoms with Gasteiger partial charge in [-0.1, -0.05) is 30.3 Å². The second-order valence-electron chi connectivity index (χ2n) is 8.15. The zero-order valence-corrected chi connectivity index (χ0v) is 16.3. The van der Waals surface area contributed by atoms with E-state index in [9.17, 15) is 4.79 Å². The molecule has 4 nitrogen and oxygen atoms in total. The average molecular weight is 347 g/mol. The van der Waals surface area contributed by atoms with E-state index in [0.29, 0.717) is 12.1 Å². The number of nitrogens with zero attached hydrogens (tertiary/aromatic N) is 1. The molecule has 0 spiro atoms. The van der Waals surface area contributed by atoms with Crippen molar-refractivity contribution in [2.45, 2.75) is 77.5 Å². The molecule has 25 heavy (non-hydrogen) atoms. The van der Waals surface area contributed by atoms with Crippen molar-refractivity contribution in [1.29, 1.82) is 0 Å². The van der Waals surface area contributed by atoms with E-state index in [4.69, 9.17) is 4.74 Å². The molecule has 0 aliphatic carbocycles. The maximum atomic E-state index is 12.4. The number of hydrogen-bond donors (Lipinski definition) is 1. The second kappa shape index (κ2) is 9.23. The summed E-state index contributed by atoms with van der Waals surface area (Å²) in [6.07, 6.45) is 5.22. The molecule has 0 aromatic heterocycles. The Balaban J connectivity index is 1.70. The van der Waals surface area contributed by atoms with Crippen LogP contribution >= 0.6 is 0 Å². The summed E-state index contributed by atoms with van der Waals surface area (Å²) >= 11 is 0. The molecule has 2 atom stereocenters. The second-order valence-corrected chi connectivity index (χ2v) is 8.15. The topological polar surface area (TPSA) is 41.6 Å². The van der Waals surface area contributed by atoms with Gasteiger partial charge in [0.1, 0.15) is 5.60 Å². The number of likely N-dealkylation sites (tertiary alicyclic amines) is 1. The molecule has 0 radical (unpaired) electrons. The summed E-state index contributed by atoms with van der Waals surface area (Å²) in [7, 11) is 0. The third-order valence-electron chi connectivity index (χ3n) is 4.61. The smallest absolute Gasteiger partial charge is 0.410 e. The standard InChI is InChI=1S/C21H34N2O2/c1-17(22-14-8-12-18-10-6-5-7-11-18)16-19-13-9-15-23(19)20(24)25-21(2,3)4/h5-7,10-11,17,19,22H,8-9,12-16H2,1-4H3. The van der Waals surface area contributed by atoms with Gasteiger partial charge in [0.2, 0.25) is 0 Å². The SMILES string of the molecule is CC(CC1CCCN1C(=O)OC(C)(C)C)NCCCc1ccccc1. The Kier molecular flexibility index (Phi) is 7.30. The highest BCUT2D eigenvalue weighted by Crippen LogP contribution is 2.24. The lowest BCUT2D eigenvalue weighted by Crippen LogP contribution is -2.42. The quantitative estimate of drug-likeness (QED) is 0.745. The van der Waals surface area contributed by atoms with Gasteiger partial charge in [0, 0.05) is 18.6 Å². The van der Waals surface area contributed by atoms with Crippen LogP contribution in [0.25, 0.3) is 0 Å². The monoisotopic (exact) mass is 346 g/mol. The molecule has 4 heteroatoms. The number of carbonyl (C=O) groups is 1. The highest BCUT2D eigenvalue weighted by molar-refractivity contribution is 5.68. The highest BCUT2D eigenvalue weighted by atomic mass is 16.6. The first-order chi connectivity index (χ1) is 11.8. The summed E-state index contributed by atoms with van der Waals surface area (Å²) in [6, 6.07) is 11.3. The predicted octanol–water partition coefficient (Wildman–Crippen LogP) is 4.39. The van der Waals surface area contributed by atoms with Gasteiger partial charge in [-0.25, -0.2) is 4.79 Å². The molecule has 1 aliphatic rings. The Morgan fingerprint density at radius 1 is 1.32 bits per heavy atom. The van der Waals surface area contributed by atoms with E-state index >= 15 is 0 Å². The summed E-state index contributed by atoms with van der Waals surface area (Å²) in [5, 5.41) is 3.61.